The summed E-state index contributed by atoms with van der Waals surface area (Å²) in [5, 5.41) is 3.50. The molecule has 4 heteroatoms. The first-order valence-corrected chi connectivity index (χ1v) is 11.5. The molecule has 0 spiro atoms. The van der Waals surface area contributed by atoms with Crippen LogP contribution in [0.3, 0.4) is 0 Å². The summed E-state index contributed by atoms with van der Waals surface area (Å²) in [6.07, 6.45) is 5.55. The predicted molar refractivity (Wildman–Crippen MR) is 128 cm³/mol. The van der Waals surface area contributed by atoms with Gasteiger partial charge in [0.1, 0.15) is 7.05 Å². The van der Waals surface area contributed by atoms with Gasteiger partial charge in [0, 0.05) is 30.4 Å². The van der Waals surface area contributed by atoms with Crippen LogP contribution in [0.4, 0.5) is 5.69 Å². The van der Waals surface area contributed by atoms with Crippen molar-refractivity contribution >= 4 is 29.2 Å². The Hall–Kier alpha value is -1.66. The zero-order valence-corrected chi connectivity index (χ0v) is 21.7. The molecule has 1 heterocycles. The molecule has 0 fully saturated rings. The Bertz CT molecular complexity index is 936. The molecule has 160 valence electrons. The first-order chi connectivity index (χ1) is 14.0. The molecule has 0 N–H and O–H groups in total. The quantitative estimate of drug-likeness (QED) is 0.319. The number of hydrogen-bond donors (Lipinski definition) is 0. The standard InChI is InChI=1S/C26H33N2S.HI/c1-6-28(7-2)24-15-10-21(11-16-24)12-17-26-27(5)25(19-29-26)23-13-8-22(9-14-23)18-20(3)4;/h8-17,19-20H,6-7,18H2,1-5H3;1H/q+1;/p-1. The third-order valence-corrected chi connectivity index (χ3v) is 6.31. The second-order valence-corrected chi connectivity index (χ2v) is 8.80. The van der Waals surface area contributed by atoms with E-state index in [1.807, 2.05) is 0 Å². The second kappa shape index (κ2) is 11.7. The van der Waals surface area contributed by atoms with Gasteiger partial charge in [0.05, 0.1) is 5.38 Å². The van der Waals surface area contributed by atoms with Crippen LogP contribution < -0.4 is 33.4 Å². The summed E-state index contributed by atoms with van der Waals surface area (Å²) >= 11 is 1.79. The molecule has 2 aromatic carbocycles. The van der Waals surface area contributed by atoms with E-state index in [-0.39, 0.29) is 24.0 Å². The lowest BCUT2D eigenvalue weighted by Crippen LogP contribution is -3.00. The van der Waals surface area contributed by atoms with Crippen molar-refractivity contribution in [2.45, 2.75) is 34.1 Å². The first-order valence-electron chi connectivity index (χ1n) is 10.6. The monoisotopic (exact) mass is 532 g/mol. The summed E-state index contributed by atoms with van der Waals surface area (Å²) < 4.78 is 2.28. The zero-order chi connectivity index (χ0) is 20.8. The summed E-state index contributed by atoms with van der Waals surface area (Å²) in [5.74, 6) is 0.691. The number of thiazole rings is 1. The van der Waals surface area contributed by atoms with Crippen molar-refractivity contribution in [3.05, 3.63) is 70.0 Å². The van der Waals surface area contributed by atoms with Gasteiger partial charge in [0.2, 0.25) is 5.69 Å². The van der Waals surface area contributed by atoms with E-state index in [0.717, 1.165) is 19.5 Å². The van der Waals surface area contributed by atoms with Crippen molar-refractivity contribution in [3.63, 3.8) is 0 Å². The second-order valence-electron chi connectivity index (χ2n) is 7.91. The maximum absolute atomic E-state index is 2.37. The minimum Gasteiger partial charge on any atom is -1.00 e. The van der Waals surface area contributed by atoms with Crippen molar-refractivity contribution in [1.29, 1.82) is 0 Å². The van der Waals surface area contributed by atoms with E-state index in [2.05, 4.69) is 110 Å². The zero-order valence-electron chi connectivity index (χ0n) is 18.7. The fraction of sp³-hybridized carbons (Fsp3) is 0.346. The highest BCUT2D eigenvalue weighted by atomic mass is 127. The fourth-order valence-corrected chi connectivity index (χ4v) is 4.57. The molecule has 0 aliphatic carbocycles. The number of benzene rings is 2. The summed E-state index contributed by atoms with van der Waals surface area (Å²) in [7, 11) is 2.15. The van der Waals surface area contributed by atoms with E-state index < -0.39 is 0 Å². The molecule has 3 aromatic rings. The molecule has 1 aromatic heterocycles. The molecule has 3 rings (SSSR count). The molecule has 2 nitrogen and oxygen atoms in total. The van der Waals surface area contributed by atoms with Gasteiger partial charge in [-0.05, 0) is 67.7 Å². The van der Waals surface area contributed by atoms with Gasteiger partial charge >= 0.3 is 0 Å². The highest BCUT2D eigenvalue weighted by molar-refractivity contribution is 7.10. The number of anilines is 1. The molecule has 0 atom stereocenters. The number of nitrogens with zero attached hydrogens (tertiary/aromatic N) is 2. The van der Waals surface area contributed by atoms with Gasteiger partial charge < -0.3 is 28.9 Å². The Balaban J connectivity index is 0.00000320. The smallest absolute Gasteiger partial charge is 0.261 e. The van der Waals surface area contributed by atoms with Crippen molar-refractivity contribution in [1.82, 2.24) is 0 Å². The Morgan fingerprint density at radius 2 is 1.57 bits per heavy atom. The molecule has 0 bridgehead atoms. The Kier molecular flexibility index (Phi) is 9.56. The Morgan fingerprint density at radius 3 is 2.13 bits per heavy atom. The normalized spacial score (nSPS) is 11.1. The van der Waals surface area contributed by atoms with Gasteiger partial charge in [-0.1, -0.05) is 49.4 Å². The van der Waals surface area contributed by atoms with Gasteiger partial charge in [0.25, 0.3) is 5.01 Å². The number of aromatic nitrogens is 1. The van der Waals surface area contributed by atoms with Gasteiger partial charge in [-0.2, -0.15) is 4.57 Å². The number of rotatable bonds is 8. The van der Waals surface area contributed by atoms with Crippen LogP contribution in [0.2, 0.25) is 0 Å². The molecule has 0 unspecified atom stereocenters. The maximum Gasteiger partial charge on any atom is 0.261 e. The summed E-state index contributed by atoms with van der Waals surface area (Å²) in [4.78, 5) is 2.37. The largest absolute Gasteiger partial charge is 1.00 e. The van der Waals surface area contributed by atoms with E-state index >= 15 is 0 Å². The highest BCUT2D eigenvalue weighted by Gasteiger charge is 2.16. The van der Waals surface area contributed by atoms with Gasteiger partial charge in [0.15, 0.2) is 0 Å². The van der Waals surface area contributed by atoms with Crippen LogP contribution in [0.25, 0.3) is 23.4 Å². The molecular formula is C26H33IN2S. The van der Waals surface area contributed by atoms with Crippen molar-refractivity contribution < 1.29 is 28.5 Å². The minimum atomic E-state index is 0. The molecule has 0 amide bonds. The highest BCUT2D eigenvalue weighted by Crippen LogP contribution is 2.23. The fourth-order valence-electron chi connectivity index (χ4n) is 3.64. The SMILES string of the molecule is CCN(CC)c1ccc(/C=C/c2scc(-c3ccc(CC(C)C)cc3)[n+]2C)cc1.[I-]. The van der Waals surface area contributed by atoms with Crippen molar-refractivity contribution in [3.8, 4) is 11.3 Å². The topological polar surface area (TPSA) is 7.12 Å². The summed E-state index contributed by atoms with van der Waals surface area (Å²) in [6.45, 7) is 11.0. The first kappa shape index (κ1) is 24.6. The van der Waals surface area contributed by atoms with Crippen molar-refractivity contribution in [2.75, 3.05) is 18.0 Å². The van der Waals surface area contributed by atoms with Crippen LogP contribution in [0.5, 0.6) is 0 Å². The van der Waals surface area contributed by atoms with Crippen LogP contribution in [-0.4, -0.2) is 13.1 Å². The van der Waals surface area contributed by atoms with E-state index in [9.17, 15) is 0 Å². The lowest BCUT2D eigenvalue weighted by molar-refractivity contribution is -0.657. The van der Waals surface area contributed by atoms with Crippen LogP contribution >= 0.6 is 11.3 Å². The van der Waals surface area contributed by atoms with Crippen LogP contribution in [0.15, 0.2) is 53.9 Å². The van der Waals surface area contributed by atoms with Crippen LogP contribution in [0, 0.1) is 5.92 Å². The maximum atomic E-state index is 2.37. The third-order valence-electron chi connectivity index (χ3n) is 5.32. The summed E-state index contributed by atoms with van der Waals surface area (Å²) in [6, 6.07) is 17.9. The van der Waals surface area contributed by atoms with E-state index in [1.165, 1.54) is 33.1 Å². The molecule has 0 saturated carbocycles. The molecule has 0 radical (unpaired) electrons. The van der Waals surface area contributed by atoms with Crippen LogP contribution in [0.1, 0.15) is 43.8 Å². The number of hydrogen-bond acceptors (Lipinski definition) is 2. The van der Waals surface area contributed by atoms with Crippen molar-refractivity contribution in [2.24, 2.45) is 13.0 Å². The van der Waals surface area contributed by atoms with Gasteiger partial charge in [-0.25, -0.2) is 0 Å². The average molecular weight is 533 g/mol. The van der Waals surface area contributed by atoms with E-state index in [1.54, 1.807) is 11.3 Å². The third kappa shape index (κ3) is 6.17. The number of halogens is 1. The van der Waals surface area contributed by atoms with Gasteiger partial charge in [-0.3, -0.25) is 0 Å². The predicted octanol–water partition coefficient (Wildman–Crippen LogP) is 3.46. The average Bonchev–Trinajstić information content (AvgIpc) is 3.09. The Labute approximate surface area is 203 Å². The van der Waals surface area contributed by atoms with Crippen LogP contribution in [-0.2, 0) is 13.5 Å². The van der Waals surface area contributed by atoms with Gasteiger partial charge in [-0.15, -0.1) is 0 Å². The van der Waals surface area contributed by atoms with E-state index in [0.29, 0.717) is 5.92 Å². The molecule has 0 saturated heterocycles. The van der Waals surface area contributed by atoms with E-state index in [4.69, 9.17) is 0 Å². The molecule has 0 aliphatic rings. The summed E-state index contributed by atoms with van der Waals surface area (Å²) in [5.41, 5.74) is 6.47. The molecule has 0 aliphatic heterocycles. The lowest BCUT2D eigenvalue weighted by Gasteiger charge is -2.20. The Morgan fingerprint density at radius 1 is 0.933 bits per heavy atom. The lowest BCUT2D eigenvalue weighted by atomic mass is 10.0. The minimum absolute atomic E-state index is 0. The molecule has 30 heavy (non-hydrogen) atoms. The molecular weight excluding hydrogens is 499 g/mol.